The molecule has 0 saturated carbocycles. The SMILES string of the molecule is CN(C)c1ccc2c(c1)Oc1cc(N(C)C)ccc1C21c2cc(C(=O)NCCOCCOCCCCCCCl)ccc2C(=O)N1S(=O)(=O)N(C)C. The minimum absolute atomic E-state index is 0.173. The van der Waals surface area contributed by atoms with Gasteiger partial charge in [0.15, 0.2) is 0 Å². The first-order valence-electron chi connectivity index (χ1n) is 17.1. The smallest absolute Gasteiger partial charge is 0.307 e. The van der Waals surface area contributed by atoms with Crippen LogP contribution in [0.4, 0.5) is 11.4 Å². The average molecular weight is 742 g/mol. The molecule has 14 heteroatoms. The number of carbonyl (C=O) groups is 2. The maximum absolute atomic E-state index is 14.4. The Labute approximate surface area is 306 Å². The number of anilines is 2. The van der Waals surface area contributed by atoms with Crippen LogP contribution in [0.15, 0.2) is 54.6 Å². The minimum atomic E-state index is -4.40. The Kier molecular flexibility index (Phi) is 12.2. The van der Waals surface area contributed by atoms with Crippen LogP contribution < -0.4 is 19.9 Å². The Hall–Kier alpha value is -3.88. The van der Waals surface area contributed by atoms with Gasteiger partial charge in [-0.2, -0.15) is 12.7 Å². The first-order chi connectivity index (χ1) is 24.3. The molecule has 0 bridgehead atoms. The number of carbonyl (C=O) groups excluding carboxylic acids is 2. The van der Waals surface area contributed by atoms with E-state index >= 15 is 0 Å². The first-order valence-corrected chi connectivity index (χ1v) is 19.0. The topological polar surface area (TPSA) is 121 Å². The molecule has 5 rings (SSSR count). The second-order valence-corrected chi connectivity index (χ2v) is 15.5. The molecule has 2 aliphatic rings. The summed E-state index contributed by atoms with van der Waals surface area (Å²) in [5.41, 5.74) is 1.68. The Morgan fingerprint density at radius 3 is 1.94 bits per heavy atom. The summed E-state index contributed by atoms with van der Waals surface area (Å²) < 4.78 is 48.3. The van der Waals surface area contributed by atoms with Crippen molar-refractivity contribution in [1.82, 2.24) is 13.9 Å². The number of hydrogen-bond donors (Lipinski definition) is 1. The number of benzene rings is 3. The number of alkyl halides is 1. The van der Waals surface area contributed by atoms with Crippen molar-refractivity contribution in [3.63, 3.8) is 0 Å². The van der Waals surface area contributed by atoms with Gasteiger partial charge < -0.3 is 29.3 Å². The predicted molar refractivity (Wildman–Crippen MR) is 200 cm³/mol. The van der Waals surface area contributed by atoms with E-state index in [1.54, 1.807) is 24.3 Å². The van der Waals surface area contributed by atoms with Gasteiger partial charge in [-0.15, -0.1) is 11.6 Å². The molecule has 1 spiro atoms. The van der Waals surface area contributed by atoms with Crippen LogP contribution in [0.3, 0.4) is 0 Å². The number of ether oxygens (including phenoxy) is 3. The normalized spacial score (nSPS) is 14.3. The van der Waals surface area contributed by atoms with Crippen molar-refractivity contribution in [2.24, 2.45) is 0 Å². The van der Waals surface area contributed by atoms with Gasteiger partial charge in [-0.3, -0.25) is 9.59 Å². The molecule has 0 radical (unpaired) electrons. The van der Waals surface area contributed by atoms with Gasteiger partial charge >= 0.3 is 10.2 Å². The lowest BCUT2D eigenvalue weighted by Crippen LogP contribution is -2.53. The molecule has 2 amide bonds. The summed E-state index contributed by atoms with van der Waals surface area (Å²) in [5.74, 6) is 0.387. The van der Waals surface area contributed by atoms with E-state index in [1.165, 1.54) is 20.2 Å². The van der Waals surface area contributed by atoms with Gasteiger partial charge in [-0.05, 0) is 43.2 Å². The molecule has 3 aromatic rings. The largest absolute Gasteiger partial charge is 0.456 e. The van der Waals surface area contributed by atoms with Crippen LogP contribution in [0, 0.1) is 0 Å². The van der Waals surface area contributed by atoms with Gasteiger partial charge in [0.25, 0.3) is 11.8 Å². The van der Waals surface area contributed by atoms with E-state index in [0.717, 1.165) is 45.7 Å². The molecule has 1 N–H and O–H groups in total. The highest BCUT2D eigenvalue weighted by atomic mass is 35.5. The number of unbranched alkanes of at least 4 members (excludes halogenated alkanes) is 3. The predicted octanol–water partition coefficient (Wildman–Crippen LogP) is 5.04. The Morgan fingerprint density at radius 1 is 0.784 bits per heavy atom. The number of hydrogen-bond acceptors (Lipinski definition) is 9. The zero-order valence-electron chi connectivity index (χ0n) is 30.2. The molecule has 0 atom stereocenters. The Bertz CT molecular complexity index is 1790. The maximum atomic E-state index is 14.4. The zero-order valence-corrected chi connectivity index (χ0v) is 31.8. The summed E-state index contributed by atoms with van der Waals surface area (Å²) in [6.45, 7) is 2.08. The van der Waals surface area contributed by atoms with Crippen molar-refractivity contribution >= 4 is 45.0 Å². The lowest BCUT2D eigenvalue weighted by molar-refractivity contribution is 0.0468. The summed E-state index contributed by atoms with van der Waals surface area (Å²) in [6.07, 6.45) is 4.19. The van der Waals surface area contributed by atoms with E-state index in [-0.39, 0.29) is 30.2 Å². The molecule has 0 aliphatic carbocycles. The van der Waals surface area contributed by atoms with Crippen molar-refractivity contribution in [2.75, 3.05) is 90.9 Å². The van der Waals surface area contributed by atoms with Crippen molar-refractivity contribution in [2.45, 2.75) is 31.2 Å². The molecule has 0 unspecified atom stereocenters. The molecule has 51 heavy (non-hydrogen) atoms. The molecule has 276 valence electrons. The zero-order chi connectivity index (χ0) is 36.9. The first kappa shape index (κ1) is 38.4. The van der Waals surface area contributed by atoms with Crippen molar-refractivity contribution in [1.29, 1.82) is 0 Å². The van der Waals surface area contributed by atoms with E-state index < -0.39 is 21.7 Å². The van der Waals surface area contributed by atoms with Crippen molar-refractivity contribution in [3.8, 4) is 11.5 Å². The maximum Gasteiger partial charge on any atom is 0.307 e. The second kappa shape index (κ2) is 16.2. The standard InChI is InChI=1S/C37H48ClN5O7S/c1-40(2)27-12-15-30-33(24-27)50-34-25-28(41(3)4)13-16-31(34)37(30)32-23-26(11-14-29(32)36(45)43(37)51(46,47)42(5)6)35(44)39-18-20-49-22-21-48-19-10-8-7-9-17-38/h11-16,23-25H,7-10,17-22H2,1-6H3,(H,39,44). The summed E-state index contributed by atoms with van der Waals surface area (Å²) in [5, 5.41) is 2.89. The number of halogens is 1. The van der Waals surface area contributed by atoms with E-state index in [0.29, 0.717) is 53.9 Å². The summed E-state index contributed by atoms with van der Waals surface area (Å²) >= 11 is 5.71. The van der Waals surface area contributed by atoms with Crippen LogP contribution in [0.1, 0.15) is 63.1 Å². The summed E-state index contributed by atoms with van der Waals surface area (Å²) in [6, 6.07) is 15.7. The van der Waals surface area contributed by atoms with Crippen LogP contribution in [0.25, 0.3) is 0 Å². The van der Waals surface area contributed by atoms with E-state index in [2.05, 4.69) is 5.32 Å². The third-order valence-corrected chi connectivity index (χ3v) is 11.2. The van der Waals surface area contributed by atoms with Gasteiger partial charge in [-0.25, -0.2) is 4.31 Å². The molecular weight excluding hydrogens is 694 g/mol. The molecule has 0 aromatic heterocycles. The molecule has 2 heterocycles. The van der Waals surface area contributed by atoms with Gasteiger partial charge in [0, 0.05) is 113 Å². The minimum Gasteiger partial charge on any atom is -0.456 e. The molecule has 2 aliphatic heterocycles. The van der Waals surface area contributed by atoms with Gasteiger partial charge in [-0.1, -0.05) is 25.0 Å². The van der Waals surface area contributed by atoms with E-state index in [1.807, 2.05) is 62.3 Å². The fourth-order valence-electron chi connectivity index (χ4n) is 6.41. The number of nitrogens with one attached hydrogen (secondary N) is 1. The average Bonchev–Trinajstić information content (AvgIpc) is 3.36. The molecular formula is C37H48ClN5O7S. The monoisotopic (exact) mass is 741 g/mol. The molecule has 0 fully saturated rings. The quantitative estimate of drug-likeness (QED) is 0.150. The number of amides is 2. The Morgan fingerprint density at radius 2 is 1.37 bits per heavy atom. The number of nitrogens with zero attached hydrogens (tertiary/aromatic N) is 4. The number of fused-ring (bicyclic) bond motifs is 6. The van der Waals surface area contributed by atoms with Gasteiger partial charge in [0.2, 0.25) is 0 Å². The number of rotatable bonds is 17. The fraction of sp³-hybridized carbons (Fsp3) is 0.459. The second-order valence-electron chi connectivity index (χ2n) is 13.2. The third kappa shape index (κ3) is 7.54. The van der Waals surface area contributed by atoms with Crippen LogP contribution in [0.2, 0.25) is 0 Å². The lowest BCUT2D eigenvalue weighted by Gasteiger charge is -2.44. The van der Waals surface area contributed by atoms with Gasteiger partial charge in [0.05, 0.1) is 19.8 Å². The van der Waals surface area contributed by atoms with Gasteiger partial charge in [0.1, 0.15) is 17.0 Å². The molecule has 3 aromatic carbocycles. The van der Waals surface area contributed by atoms with Crippen LogP contribution >= 0.6 is 11.6 Å². The summed E-state index contributed by atoms with van der Waals surface area (Å²) in [4.78, 5) is 31.8. The van der Waals surface area contributed by atoms with Crippen LogP contribution in [-0.4, -0.2) is 110 Å². The third-order valence-electron chi connectivity index (χ3n) is 9.12. The highest BCUT2D eigenvalue weighted by Crippen LogP contribution is 2.59. The van der Waals surface area contributed by atoms with E-state index in [9.17, 15) is 18.0 Å². The Balaban J connectivity index is 1.48. The van der Waals surface area contributed by atoms with Crippen LogP contribution in [0.5, 0.6) is 11.5 Å². The summed E-state index contributed by atoms with van der Waals surface area (Å²) in [7, 11) is 5.96. The molecule has 0 saturated heterocycles. The van der Waals surface area contributed by atoms with Crippen molar-refractivity contribution in [3.05, 3.63) is 82.4 Å². The van der Waals surface area contributed by atoms with Crippen LogP contribution in [-0.2, 0) is 25.2 Å². The van der Waals surface area contributed by atoms with Crippen molar-refractivity contribution < 1.29 is 32.2 Å². The highest BCUT2D eigenvalue weighted by molar-refractivity contribution is 7.87. The highest BCUT2D eigenvalue weighted by Gasteiger charge is 2.61. The lowest BCUT2D eigenvalue weighted by atomic mass is 9.75. The molecule has 12 nitrogen and oxygen atoms in total. The van der Waals surface area contributed by atoms with E-state index in [4.69, 9.17) is 25.8 Å². The fourth-order valence-corrected chi connectivity index (χ4v) is 7.88.